The molecule has 2 aliphatic rings. The van der Waals surface area contributed by atoms with Gasteiger partial charge in [-0.2, -0.15) is 0 Å². The molecule has 0 aromatic carbocycles. The summed E-state index contributed by atoms with van der Waals surface area (Å²) in [5, 5.41) is 2.82. The number of nitrogens with zero attached hydrogens (tertiary/aromatic N) is 1. The van der Waals surface area contributed by atoms with Crippen LogP contribution in [0.25, 0.3) is 0 Å². The average molecular weight is 254 g/mol. The van der Waals surface area contributed by atoms with Crippen molar-refractivity contribution in [2.24, 2.45) is 5.92 Å². The van der Waals surface area contributed by atoms with Crippen molar-refractivity contribution < 1.29 is 14.3 Å². The minimum Gasteiger partial charge on any atom is -0.381 e. The van der Waals surface area contributed by atoms with Crippen molar-refractivity contribution in [1.82, 2.24) is 10.2 Å². The van der Waals surface area contributed by atoms with E-state index in [0.29, 0.717) is 13.2 Å². The number of hydrogen-bond acceptors (Lipinski definition) is 3. The second-order valence-electron chi connectivity index (χ2n) is 5.50. The highest BCUT2D eigenvalue weighted by molar-refractivity contribution is 5.97. The Balaban J connectivity index is 2.18. The van der Waals surface area contributed by atoms with Crippen LogP contribution in [0.5, 0.6) is 0 Å². The van der Waals surface area contributed by atoms with E-state index in [1.807, 2.05) is 13.8 Å². The van der Waals surface area contributed by atoms with E-state index in [-0.39, 0.29) is 35.9 Å². The molecule has 0 aromatic rings. The zero-order valence-electron chi connectivity index (χ0n) is 11.3. The van der Waals surface area contributed by atoms with Crippen LogP contribution in [0.15, 0.2) is 0 Å². The first-order valence-corrected chi connectivity index (χ1v) is 6.72. The molecule has 2 aliphatic heterocycles. The first-order valence-electron chi connectivity index (χ1n) is 6.72. The monoisotopic (exact) mass is 254 g/mol. The zero-order valence-corrected chi connectivity index (χ0v) is 11.3. The Bertz CT molecular complexity index is 337. The highest BCUT2D eigenvalue weighted by atomic mass is 16.5. The van der Waals surface area contributed by atoms with Crippen LogP contribution in [0.1, 0.15) is 33.6 Å². The molecule has 2 saturated heterocycles. The third kappa shape index (κ3) is 2.36. The fourth-order valence-electron chi connectivity index (χ4n) is 2.72. The molecule has 2 rings (SSSR count). The summed E-state index contributed by atoms with van der Waals surface area (Å²) < 4.78 is 5.32. The van der Waals surface area contributed by atoms with Gasteiger partial charge in [-0.1, -0.05) is 13.8 Å². The van der Waals surface area contributed by atoms with Crippen molar-refractivity contribution in [2.75, 3.05) is 13.2 Å². The molecule has 2 fully saturated rings. The maximum Gasteiger partial charge on any atom is 0.246 e. The Morgan fingerprint density at radius 1 is 1.28 bits per heavy atom. The Hall–Kier alpha value is -1.10. The van der Waals surface area contributed by atoms with Gasteiger partial charge in [-0.3, -0.25) is 9.59 Å². The predicted octanol–water partition coefficient (Wildman–Crippen LogP) is 0.537. The normalized spacial score (nSPS) is 30.8. The van der Waals surface area contributed by atoms with Gasteiger partial charge in [0.25, 0.3) is 0 Å². The molecular weight excluding hydrogens is 232 g/mol. The SMILES string of the molecule is CC(C)C1NC(=O)C(C)N(C2CCOCC2)C1=O. The molecule has 0 saturated carbocycles. The largest absolute Gasteiger partial charge is 0.381 e. The third-order valence-corrected chi connectivity index (χ3v) is 3.87. The summed E-state index contributed by atoms with van der Waals surface area (Å²) in [5.74, 6) is 0.139. The van der Waals surface area contributed by atoms with Gasteiger partial charge in [-0.05, 0) is 25.7 Å². The van der Waals surface area contributed by atoms with Gasteiger partial charge in [0, 0.05) is 19.3 Å². The lowest BCUT2D eigenvalue weighted by molar-refractivity contribution is -0.154. The van der Waals surface area contributed by atoms with Crippen molar-refractivity contribution in [3.8, 4) is 0 Å². The number of amides is 2. The summed E-state index contributed by atoms with van der Waals surface area (Å²) in [6.45, 7) is 7.07. The minimum absolute atomic E-state index is 0.0419. The second kappa shape index (κ2) is 5.26. The number of carbonyl (C=O) groups is 2. The standard InChI is InChI=1S/C13H22N2O3/c1-8(2)11-13(17)15(9(3)12(16)14-11)10-4-6-18-7-5-10/h8-11H,4-7H2,1-3H3,(H,14,16). The molecular formula is C13H22N2O3. The Morgan fingerprint density at radius 2 is 1.89 bits per heavy atom. The third-order valence-electron chi connectivity index (χ3n) is 3.87. The lowest BCUT2D eigenvalue weighted by Gasteiger charge is -2.44. The summed E-state index contributed by atoms with van der Waals surface area (Å²) in [5.41, 5.74) is 0. The summed E-state index contributed by atoms with van der Waals surface area (Å²) >= 11 is 0. The maximum atomic E-state index is 12.5. The van der Waals surface area contributed by atoms with E-state index in [4.69, 9.17) is 4.74 Å². The van der Waals surface area contributed by atoms with Crippen LogP contribution in [-0.4, -0.2) is 48.1 Å². The van der Waals surface area contributed by atoms with Crippen LogP contribution in [0.3, 0.4) is 0 Å². The number of nitrogens with one attached hydrogen (secondary N) is 1. The lowest BCUT2D eigenvalue weighted by atomic mass is 9.95. The van der Waals surface area contributed by atoms with E-state index in [9.17, 15) is 9.59 Å². The van der Waals surface area contributed by atoms with Crippen LogP contribution in [0, 0.1) is 5.92 Å². The van der Waals surface area contributed by atoms with Gasteiger partial charge in [0.05, 0.1) is 0 Å². The van der Waals surface area contributed by atoms with Crippen LogP contribution in [0.4, 0.5) is 0 Å². The molecule has 2 heterocycles. The minimum atomic E-state index is -0.378. The van der Waals surface area contributed by atoms with Gasteiger partial charge in [-0.25, -0.2) is 0 Å². The smallest absolute Gasteiger partial charge is 0.246 e. The highest BCUT2D eigenvalue weighted by Gasteiger charge is 2.42. The molecule has 0 aliphatic carbocycles. The van der Waals surface area contributed by atoms with E-state index >= 15 is 0 Å². The molecule has 0 aromatic heterocycles. The number of piperazine rings is 1. The van der Waals surface area contributed by atoms with Crippen LogP contribution >= 0.6 is 0 Å². The summed E-state index contributed by atoms with van der Waals surface area (Å²) in [7, 11) is 0. The van der Waals surface area contributed by atoms with E-state index < -0.39 is 0 Å². The molecule has 0 bridgehead atoms. The molecule has 1 N–H and O–H groups in total. The molecule has 102 valence electrons. The molecule has 2 atom stereocenters. The summed E-state index contributed by atoms with van der Waals surface area (Å²) in [6.07, 6.45) is 1.66. The first kappa shape index (κ1) is 13.3. The highest BCUT2D eigenvalue weighted by Crippen LogP contribution is 2.23. The van der Waals surface area contributed by atoms with E-state index in [1.54, 1.807) is 11.8 Å². The lowest BCUT2D eigenvalue weighted by Crippen LogP contribution is -2.66. The first-order chi connectivity index (χ1) is 8.52. The van der Waals surface area contributed by atoms with Crippen LogP contribution in [-0.2, 0) is 14.3 Å². The molecule has 2 unspecified atom stereocenters. The molecule has 5 nitrogen and oxygen atoms in total. The predicted molar refractivity (Wildman–Crippen MR) is 66.9 cm³/mol. The second-order valence-corrected chi connectivity index (χ2v) is 5.50. The van der Waals surface area contributed by atoms with Crippen LogP contribution < -0.4 is 5.32 Å². The number of rotatable bonds is 2. The van der Waals surface area contributed by atoms with E-state index in [0.717, 1.165) is 12.8 Å². The van der Waals surface area contributed by atoms with E-state index in [1.165, 1.54) is 0 Å². The molecule has 0 radical (unpaired) electrons. The van der Waals surface area contributed by atoms with Gasteiger partial charge < -0.3 is 15.0 Å². The van der Waals surface area contributed by atoms with Gasteiger partial charge in [0.1, 0.15) is 12.1 Å². The van der Waals surface area contributed by atoms with Crippen molar-refractivity contribution in [2.45, 2.75) is 51.7 Å². The Kier molecular flexibility index (Phi) is 3.90. The number of carbonyl (C=O) groups excluding carboxylic acids is 2. The van der Waals surface area contributed by atoms with Crippen LogP contribution in [0.2, 0.25) is 0 Å². The quantitative estimate of drug-likeness (QED) is 0.782. The molecule has 5 heteroatoms. The number of ether oxygens (including phenoxy) is 1. The Labute approximate surface area is 108 Å². The molecule has 0 spiro atoms. The Morgan fingerprint density at radius 3 is 2.44 bits per heavy atom. The zero-order chi connectivity index (χ0) is 13.3. The summed E-state index contributed by atoms with van der Waals surface area (Å²) in [4.78, 5) is 26.2. The maximum absolute atomic E-state index is 12.5. The van der Waals surface area contributed by atoms with Gasteiger partial charge in [-0.15, -0.1) is 0 Å². The van der Waals surface area contributed by atoms with Crippen molar-refractivity contribution in [3.63, 3.8) is 0 Å². The summed E-state index contributed by atoms with van der Waals surface area (Å²) in [6, 6.07) is -0.597. The van der Waals surface area contributed by atoms with Gasteiger partial charge in [0.2, 0.25) is 11.8 Å². The number of hydrogen-bond donors (Lipinski definition) is 1. The fraction of sp³-hybridized carbons (Fsp3) is 0.846. The topological polar surface area (TPSA) is 58.6 Å². The fourth-order valence-corrected chi connectivity index (χ4v) is 2.72. The van der Waals surface area contributed by atoms with Crippen molar-refractivity contribution in [3.05, 3.63) is 0 Å². The van der Waals surface area contributed by atoms with Crippen molar-refractivity contribution >= 4 is 11.8 Å². The van der Waals surface area contributed by atoms with Gasteiger partial charge >= 0.3 is 0 Å². The van der Waals surface area contributed by atoms with E-state index in [2.05, 4.69) is 5.32 Å². The van der Waals surface area contributed by atoms with Gasteiger partial charge in [0.15, 0.2) is 0 Å². The molecule has 18 heavy (non-hydrogen) atoms. The average Bonchev–Trinajstić information content (AvgIpc) is 2.35. The molecule has 2 amide bonds. The van der Waals surface area contributed by atoms with Crippen molar-refractivity contribution in [1.29, 1.82) is 0 Å².